The predicted molar refractivity (Wildman–Crippen MR) is 81.4 cm³/mol. The number of hydrogen-bond donors (Lipinski definition) is 0. The lowest BCUT2D eigenvalue weighted by Crippen LogP contribution is -2.68. The molecule has 1 heterocycles. The molecule has 0 aromatic rings. The van der Waals surface area contributed by atoms with Crippen LogP contribution in [0.5, 0.6) is 0 Å². The van der Waals surface area contributed by atoms with Gasteiger partial charge in [-0.2, -0.15) is 0 Å². The molecule has 0 aliphatic carbocycles. The molecule has 2 atom stereocenters. The highest BCUT2D eigenvalue weighted by atomic mass is 28.5. The van der Waals surface area contributed by atoms with E-state index in [1.807, 2.05) is 31.9 Å². The molecule has 0 bridgehead atoms. The molecule has 0 aromatic heterocycles. The van der Waals surface area contributed by atoms with Crippen molar-refractivity contribution >= 4 is 35.0 Å². The summed E-state index contributed by atoms with van der Waals surface area (Å²) < 4.78 is 24.1. The van der Waals surface area contributed by atoms with Gasteiger partial charge in [-0.1, -0.05) is 17.1 Å². The Morgan fingerprint density at radius 1 is 0.944 bits per heavy atom. The molecule has 0 amide bonds. The maximum Gasteiger partial charge on any atom is 0.469 e. The quantitative estimate of drug-likeness (QED) is 0.730. The third-order valence-electron chi connectivity index (χ3n) is 2.56. The van der Waals surface area contributed by atoms with Gasteiger partial charge in [0.05, 0.1) is 0 Å². The van der Waals surface area contributed by atoms with Crippen molar-refractivity contribution < 1.29 is 16.5 Å². The first-order valence-corrected chi connectivity index (χ1v) is 14.7. The van der Waals surface area contributed by atoms with Gasteiger partial charge in [0.15, 0.2) is 0 Å². The molecule has 1 radical (unpaired) electrons. The van der Waals surface area contributed by atoms with E-state index in [0.717, 1.165) is 0 Å². The fraction of sp³-hybridized carbons (Fsp3) is 0.400. The summed E-state index contributed by atoms with van der Waals surface area (Å²) >= 11 is 0. The maximum absolute atomic E-state index is 6.04. The molecule has 0 N–H and O–H groups in total. The molecule has 1 fully saturated rings. The van der Waals surface area contributed by atoms with E-state index in [1.54, 1.807) is 11.4 Å². The van der Waals surface area contributed by atoms with Gasteiger partial charge in [0, 0.05) is 6.55 Å². The molecule has 4 nitrogen and oxygen atoms in total. The molecule has 0 aromatic carbocycles. The SMILES string of the molecule is C=C[Si](C)O[Si]1(C)O[Si](C)(C=C)O[Si](C)(C=C)O1. The Labute approximate surface area is 115 Å². The lowest BCUT2D eigenvalue weighted by atomic mass is 11.3. The molecule has 18 heavy (non-hydrogen) atoms. The zero-order chi connectivity index (χ0) is 14.0. The second-order valence-corrected chi connectivity index (χ2v) is 16.0. The van der Waals surface area contributed by atoms with Crippen molar-refractivity contribution in [3.8, 4) is 0 Å². The number of hydrogen-bond acceptors (Lipinski definition) is 4. The normalized spacial score (nSPS) is 40.5. The van der Waals surface area contributed by atoms with Crippen LogP contribution >= 0.6 is 0 Å². The molecule has 8 heteroatoms. The smallest absolute Gasteiger partial charge is 0.412 e. The van der Waals surface area contributed by atoms with E-state index >= 15 is 0 Å². The molecular weight excluding hydrogens is 296 g/mol. The highest BCUT2D eigenvalue weighted by Crippen LogP contribution is 2.32. The van der Waals surface area contributed by atoms with Crippen LogP contribution in [0.25, 0.3) is 0 Å². The summed E-state index contributed by atoms with van der Waals surface area (Å²) in [6, 6.07) is 0. The fourth-order valence-corrected chi connectivity index (χ4v) is 17.6. The van der Waals surface area contributed by atoms with Crippen LogP contribution in [0.2, 0.25) is 26.2 Å². The Hall–Kier alpha value is -0.0725. The van der Waals surface area contributed by atoms with Gasteiger partial charge in [-0.05, 0) is 19.6 Å². The molecule has 1 aliphatic heterocycles. The standard InChI is InChI=1S/C10H21O4Si4/c1-8-15(4)11-18(7)13-16(5,9-2)12-17(6,10-3)14-18/h8-10H,1-3H2,4-7H3. The van der Waals surface area contributed by atoms with Gasteiger partial charge in [-0.25, -0.2) is 0 Å². The van der Waals surface area contributed by atoms with Crippen LogP contribution in [0.3, 0.4) is 0 Å². The van der Waals surface area contributed by atoms with Gasteiger partial charge in [0.1, 0.15) is 0 Å². The molecule has 1 aliphatic rings. The Morgan fingerprint density at radius 2 is 1.39 bits per heavy atom. The fourth-order valence-electron chi connectivity index (χ4n) is 1.74. The molecular formula is C10H21O4Si4. The molecule has 0 saturated carbocycles. The zero-order valence-corrected chi connectivity index (χ0v) is 15.5. The van der Waals surface area contributed by atoms with Gasteiger partial charge < -0.3 is 16.5 Å². The first kappa shape index (κ1) is 16.0. The van der Waals surface area contributed by atoms with Crippen molar-refractivity contribution in [3.05, 3.63) is 36.8 Å². The van der Waals surface area contributed by atoms with Crippen LogP contribution < -0.4 is 0 Å². The minimum Gasteiger partial charge on any atom is -0.412 e. The van der Waals surface area contributed by atoms with Gasteiger partial charge in [-0.15, -0.1) is 19.7 Å². The topological polar surface area (TPSA) is 36.9 Å². The average molecular weight is 318 g/mol. The summed E-state index contributed by atoms with van der Waals surface area (Å²) in [5.74, 6) is 0. The monoisotopic (exact) mass is 317 g/mol. The first-order valence-electron chi connectivity index (χ1n) is 5.72. The van der Waals surface area contributed by atoms with E-state index in [0.29, 0.717) is 0 Å². The van der Waals surface area contributed by atoms with Crippen LogP contribution in [0, 0.1) is 0 Å². The molecule has 101 valence electrons. The van der Waals surface area contributed by atoms with Crippen molar-refractivity contribution in [3.63, 3.8) is 0 Å². The highest BCUT2D eigenvalue weighted by Gasteiger charge is 2.56. The Bertz CT molecular complexity index is 342. The largest absolute Gasteiger partial charge is 0.469 e. The van der Waals surface area contributed by atoms with Gasteiger partial charge in [-0.3, -0.25) is 0 Å². The summed E-state index contributed by atoms with van der Waals surface area (Å²) in [6.45, 7) is 19.2. The van der Waals surface area contributed by atoms with E-state index in [2.05, 4.69) is 19.7 Å². The summed E-state index contributed by atoms with van der Waals surface area (Å²) in [5.41, 5.74) is 5.37. The predicted octanol–water partition coefficient (Wildman–Crippen LogP) is 2.58. The minimum absolute atomic E-state index is 1.11. The third kappa shape index (κ3) is 3.71. The molecule has 0 spiro atoms. The van der Waals surface area contributed by atoms with Crippen molar-refractivity contribution in [2.45, 2.75) is 26.2 Å². The van der Waals surface area contributed by atoms with Gasteiger partial charge in [0.2, 0.25) is 9.04 Å². The van der Waals surface area contributed by atoms with E-state index in [-0.39, 0.29) is 0 Å². The van der Waals surface area contributed by atoms with E-state index < -0.39 is 35.0 Å². The molecule has 2 unspecified atom stereocenters. The van der Waals surface area contributed by atoms with Gasteiger partial charge >= 0.3 is 25.9 Å². The Kier molecular flexibility index (Phi) is 4.89. The number of rotatable bonds is 5. The minimum atomic E-state index is -2.70. The van der Waals surface area contributed by atoms with Crippen molar-refractivity contribution in [1.82, 2.24) is 0 Å². The summed E-state index contributed by atoms with van der Waals surface area (Å²) in [7, 11) is -8.68. The average Bonchev–Trinajstić information content (AvgIpc) is 2.26. The maximum atomic E-state index is 6.04. The van der Waals surface area contributed by atoms with Crippen LogP contribution in [0.1, 0.15) is 0 Å². The lowest BCUT2D eigenvalue weighted by molar-refractivity contribution is 0.180. The Balaban J connectivity index is 3.01. The van der Waals surface area contributed by atoms with E-state index in [1.165, 1.54) is 0 Å². The Morgan fingerprint density at radius 3 is 1.72 bits per heavy atom. The first-order chi connectivity index (χ1) is 8.20. The third-order valence-corrected chi connectivity index (χ3v) is 16.8. The van der Waals surface area contributed by atoms with Crippen molar-refractivity contribution in [1.29, 1.82) is 0 Å². The van der Waals surface area contributed by atoms with Crippen LogP contribution in [-0.2, 0) is 16.5 Å². The zero-order valence-electron chi connectivity index (χ0n) is 11.5. The molecule has 1 rings (SSSR count). The second-order valence-electron chi connectivity index (χ2n) is 4.53. The second kappa shape index (κ2) is 5.51. The van der Waals surface area contributed by atoms with Gasteiger partial charge in [0.25, 0.3) is 0 Å². The summed E-state index contributed by atoms with van der Waals surface area (Å²) in [4.78, 5) is 0. The van der Waals surface area contributed by atoms with Crippen molar-refractivity contribution in [2.75, 3.05) is 0 Å². The highest BCUT2D eigenvalue weighted by molar-refractivity contribution is 6.96. The van der Waals surface area contributed by atoms with Crippen LogP contribution in [0.4, 0.5) is 0 Å². The summed E-state index contributed by atoms with van der Waals surface area (Å²) in [6.07, 6.45) is 0. The molecule has 1 saturated heterocycles. The van der Waals surface area contributed by atoms with Crippen LogP contribution in [-0.4, -0.2) is 35.0 Å². The van der Waals surface area contributed by atoms with Crippen LogP contribution in [0.15, 0.2) is 36.8 Å². The van der Waals surface area contributed by atoms with Crippen molar-refractivity contribution in [2.24, 2.45) is 0 Å². The van der Waals surface area contributed by atoms with E-state index in [4.69, 9.17) is 16.5 Å². The summed E-state index contributed by atoms with van der Waals surface area (Å²) in [5, 5.41) is 0. The lowest BCUT2D eigenvalue weighted by Gasteiger charge is -2.47. The van der Waals surface area contributed by atoms with E-state index in [9.17, 15) is 0 Å².